The number of carbonyl (C=O) groups excluding carboxylic acids is 1. The van der Waals surface area contributed by atoms with Gasteiger partial charge in [0.2, 0.25) is 5.78 Å². The van der Waals surface area contributed by atoms with Crippen LogP contribution in [0.2, 0.25) is 0 Å². The number of allylic oxidation sites excluding steroid dienone is 1. The monoisotopic (exact) mass is 277 g/mol. The maximum Gasteiger partial charge on any atom is 0.252 e. The van der Waals surface area contributed by atoms with Gasteiger partial charge in [0.05, 0.1) is 0 Å². The Morgan fingerprint density at radius 2 is 1.88 bits per heavy atom. The van der Waals surface area contributed by atoms with Gasteiger partial charge in [-0.05, 0) is 5.56 Å². The molecule has 2 nitrogen and oxygen atoms in total. The minimum Gasteiger partial charge on any atom is -0.387 e. The Balaban J connectivity index is 2.37. The molecule has 0 saturated carbocycles. The SMILES string of the molecule is O=C(/C=C\NCc1ccccc1)C(Cl)(Cl)Cl. The Labute approximate surface area is 109 Å². The van der Waals surface area contributed by atoms with E-state index in [1.54, 1.807) is 0 Å². The van der Waals surface area contributed by atoms with Gasteiger partial charge < -0.3 is 5.32 Å². The van der Waals surface area contributed by atoms with Crippen LogP contribution < -0.4 is 5.32 Å². The molecule has 0 heterocycles. The summed E-state index contributed by atoms with van der Waals surface area (Å²) in [7, 11) is 0. The summed E-state index contributed by atoms with van der Waals surface area (Å²) in [4.78, 5) is 11.2. The van der Waals surface area contributed by atoms with E-state index >= 15 is 0 Å². The molecule has 86 valence electrons. The molecule has 0 aliphatic heterocycles. The zero-order valence-electron chi connectivity index (χ0n) is 8.29. The zero-order chi connectivity index (χ0) is 12.0. The van der Waals surface area contributed by atoms with Gasteiger partial charge in [0.25, 0.3) is 3.79 Å². The Hall–Kier alpha value is -0.700. The molecule has 0 radical (unpaired) electrons. The van der Waals surface area contributed by atoms with E-state index in [1.807, 2.05) is 30.3 Å². The molecule has 0 spiro atoms. The van der Waals surface area contributed by atoms with Gasteiger partial charge in [-0.1, -0.05) is 65.1 Å². The molecule has 0 aliphatic carbocycles. The van der Waals surface area contributed by atoms with E-state index in [-0.39, 0.29) is 0 Å². The molecule has 1 N–H and O–H groups in total. The number of hydrogen-bond acceptors (Lipinski definition) is 2. The summed E-state index contributed by atoms with van der Waals surface area (Å²) in [6.45, 7) is 0.616. The number of nitrogens with one attached hydrogen (secondary N) is 1. The van der Waals surface area contributed by atoms with E-state index in [2.05, 4.69) is 5.32 Å². The lowest BCUT2D eigenvalue weighted by molar-refractivity contribution is -0.113. The van der Waals surface area contributed by atoms with Crippen LogP contribution in [0, 0.1) is 0 Å². The van der Waals surface area contributed by atoms with Crippen LogP contribution in [-0.4, -0.2) is 9.58 Å². The van der Waals surface area contributed by atoms with Gasteiger partial charge in [0.1, 0.15) is 0 Å². The van der Waals surface area contributed by atoms with Gasteiger partial charge in [0.15, 0.2) is 0 Å². The van der Waals surface area contributed by atoms with Crippen molar-refractivity contribution in [3.05, 3.63) is 48.2 Å². The van der Waals surface area contributed by atoms with Crippen LogP contribution in [0.3, 0.4) is 0 Å². The second-order valence-corrected chi connectivity index (χ2v) is 5.34. The number of carbonyl (C=O) groups is 1. The average molecular weight is 279 g/mol. The fourth-order valence-corrected chi connectivity index (χ4v) is 1.19. The summed E-state index contributed by atoms with van der Waals surface area (Å²) in [5.41, 5.74) is 1.11. The van der Waals surface area contributed by atoms with Crippen molar-refractivity contribution in [2.75, 3.05) is 0 Å². The van der Waals surface area contributed by atoms with Gasteiger partial charge >= 0.3 is 0 Å². The molecule has 1 aromatic carbocycles. The van der Waals surface area contributed by atoms with Crippen molar-refractivity contribution >= 4 is 40.6 Å². The van der Waals surface area contributed by atoms with Crippen molar-refractivity contribution in [3.63, 3.8) is 0 Å². The molecule has 0 amide bonds. The Morgan fingerprint density at radius 1 is 1.25 bits per heavy atom. The number of rotatable bonds is 4. The van der Waals surface area contributed by atoms with Gasteiger partial charge in [0, 0.05) is 18.8 Å². The molecule has 0 atom stereocenters. The first-order chi connectivity index (χ1) is 7.50. The first-order valence-electron chi connectivity index (χ1n) is 4.55. The molecule has 0 aliphatic rings. The van der Waals surface area contributed by atoms with Crippen molar-refractivity contribution in [2.45, 2.75) is 10.3 Å². The molecular weight excluding hydrogens is 268 g/mol. The van der Waals surface area contributed by atoms with E-state index in [0.717, 1.165) is 5.56 Å². The molecule has 0 unspecified atom stereocenters. The topological polar surface area (TPSA) is 29.1 Å². The van der Waals surface area contributed by atoms with Crippen LogP contribution in [0.25, 0.3) is 0 Å². The molecule has 0 aromatic heterocycles. The fraction of sp³-hybridized carbons (Fsp3) is 0.182. The van der Waals surface area contributed by atoms with Gasteiger partial charge in [-0.25, -0.2) is 0 Å². The zero-order valence-corrected chi connectivity index (χ0v) is 10.6. The largest absolute Gasteiger partial charge is 0.387 e. The molecule has 5 heteroatoms. The Kier molecular flexibility index (Phi) is 5.13. The highest BCUT2D eigenvalue weighted by atomic mass is 35.6. The van der Waals surface area contributed by atoms with Crippen molar-refractivity contribution in [2.24, 2.45) is 0 Å². The van der Waals surface area contributed by atoms with Crippen LogP contribution in [0.4, 0.5) is 0 Å². The molecule has 1 rings (SSSR count). The lowest BCUT2D eigenvalue weighted by Gasteiger charge is -2.05. The predicted molar refractivity (Wildman–Crippen MR) is 67.7 cm³/mol. The number of hydrogen-bond donors (Lipinski definition) is 1. The standard InChI is InChI=1S/C11H10Cl3NO/c12-11(13,14)10(16)6-7-15-8-9-4-2-1-3-5-9/h1-7,15H,8H2/b7-6-. The fourth-order valence-electron chi connectivity index (χ4n) is 1.00. The second kappa shape index (κ2) is 6.14. The third kappa shape index (κ3) is 4.88. The van der Waals surface area contributed by atoms with Crippen LogP contribution in [0.5, 0.6) is 0 Å². The highest BCUT2D eigenvalue weighted by molar-refractivity contribution is 6.77. The molecule has 0 saturated heterocycles. The lowest BCUT2D eigenvalue weighted by atomic mass is 10.2. The highest BCUT2D eigenvalue weighted by Crippen LogP contribution is 2.27. The minimum atomic E-state index is -1.88. The minimum absolute atomic E-state index is 0.571. The second-order valence-electron chi connectivity index (χ2n) is 3.06. The van der Waals surface area contributed by atoms with Crippen molar-refractivity contribution < 1.29 is 4.79 Å². The van der Waals surface area contributed by atoms with Crippen LogP contribution in [0.15, 0.2) is 42.6 Å². The predicted octanol–water partition coefficient (Wildman–Crippen LogP) is 3.23. The van der Waals surface area contributed by atoms with E-state index < -0.39 is 9.58 Å². The van der Waals surface area contributed by atoms with Crippen molar-refractivity contribution in [3.8, 4) is 0 Å². The Morgan fingerprint density at radius 3 is 2.44 bits per heavy atom. The van der Waals surface area contributed by atoms with E-state index in [4.69, 9.17) is 34.8 Å². The first-order valence-corrected chi connectivity index (χ1v) is 5.68. The van der Waals surface area contributed by atoms with Crippen LogP contribution >= 0.6 is 34.8 Å². The third-order valence-electron chi connectivity index (χ3n) is 1.78. The third-order valence-corrected chi connectivity index (χ3v) is 2.34. The Bertz CT molecular complexity index is 371. The normalized spacial score (nSPS) is 11.7. The van der Waals surface area contributed by atoms with Gasteiger partial charge in [-0.2, -0.15) is 0 Å². The number of halogens is 3. The summed E-state index contributed by atoms with van der Waals surface area (Å²) in [5, 5.41) is 2.93. The summed E-state index contributed by atoms with van der Waals surface area (Å²) in [6.07, 6.45) is 2.67. The quantitative estimate of drug-likeness (QED) is 0.677. The van der Waals surface area contributed by atoms with Crippen LogP contribution in [0.1, 0.15) is 5.56 Å². The number of alkyl halides is 3. The molecule has 1 aromatic rings. The van der Waals surface area contributed by atoms with E-state index in [0.29, 0.717) is 6.54 Å². The highest BCUT2D eigenvalue weighted by Gasteiger charge is 2.27. The van der Waals surface area contributed by atoms with Gasteiger partial charge in [-0.3, -0.25) is 4.79 Å². The maximum absolute atomic E-state index is 11.2. The number of ketones is 1. The number of benzene rings is 1. The van der Waals surface area contributed by atoms with E-state index in [1.165, 1.54) is 12.3 Å². The summed E-state index contributed by atoms with van der Waals surface area (Å²) in [6, 6.07) is 9.75. The average Bonchev–Trinajstić information content (AvgIpc) is 2.24. The van der Waals surface area contributed by atoms with Gasteiger partial charge in [-0.15, -0.1) is 0 Å². The lowest BCUT2D eigenvalue weighted by Crippen LogP contribution is -2.17. The molecular formula is C11H10Cl3NO. The molecule has 0 bridgehead atoms. The first kappa shape index (κ1) is 13.4. The molecule has 0 fully saturated rings. The molecule has 16 heavy (non-hydrogen) atoms. The summed E-state index contributed by atoms with van der Waals surface area (Å²) in [5.74, 6) is -0.571. The van der Waals surface area contributed by atoms with Crippen molar-refractivity contribution in [1.82, 2.24) is 5.32 Å². The van der Waals surface area contributed by atoms with Crippen molar-refractivity contribution in [1.29, 1.82) is 0 Å². The maximum atomic E-state index is 11.2. The van der Waals surface area contributed by atoms with E-state index in [9.17, 15) is 4.79 Å². The summed E-state index contributed by atoms with van der Waals surface area (Å²) >= 11 is 16.1. The summed E-state index contributed by atoms with van der Waals surface area (Å²) < 4.78 is -1.88. The smallest absolute Gasteiger partial charge is 0.252 e. The van der Waals surface area contributed by atoms with Crippen LogP contribution in [-0.2, 0) is 11.3 Å².